The lowest BCUT2D eigenvalue weighted by Gasteiger charge is -2.47. The number of ether oxygens (including phenoxy) is 2. The lowest BCUT2D eigenvalue weighted by Crippen LogP contribution is -2.62. The van der Waals surface area contributed by atoms with Gasteiger partial charge in [-0.25, -0.2) is 4.39 Å². The SMILES string of the molecule is CC(C)[C@H]1C(=O)N2C(C(=O)c3ccc([N+](=O)[O-])cc3)=C(CN3CC[C@@H](CC(=O)c4ccc(OCc5ccccc5)c(OCc5ccccc5)c4F)C3)[C@H](C)[C@H]12. The summed E-state index contributed by atoms with van der Waals surface area (Å²) < 4.78 is 28.2. The van der Waals surface area contributed by atoms with Crippen LogP contribution < -0.4 is 9.47 Å². The van der Waals surface area contributed by atoms with E-state index in [0.29, 0.717) is 31.8 Å². The van der Waals surface area contributed by atoms with Crippen molar-refractivity contribution in [1.82, 2.24) is 9.80 Å². The van der Waals surface area contributed by atoms with Gasteiger partial charge in [-0.15, -0.1) is 0 Å². The van der Waals surface area contributed by atoms with Crippen molar-refractivity contribution in [2.75, 3.05) is 19.6 Å². The molecule has 0 unspecified atom stereocenters. The Kier molecular flexibility index (Phi) is 10.9. The summed E-state index contributed by atoms with van der Waals surface area (Å²) in [5.41, 5.74) is 3.06. The monoisotopic (exact) mass is 745 g/mol. The van der Waals surface area contributed by atoms with Gasteiger partial charge in [0.2, 0.25) is 11.7 Å². The van der Waals surface area contributed by atoms with Crippen molar-refractivity contribution in [3.05, 3.63) is 147 Å². The van der Waals surface area contributed by atoms with Crippen molar-refractivity contribution in [2.45, 2.75) is 52.9 Å². The van der Waals surface area contributed by atoms with E-state index in [1.54, 1.807) is 11.0 Å². The highest BCUT2D eigenvalue weighted by molar-refractivity contribution is 6.13. The molecular weight excluding hydrogens is 701 g/mol. The number of hydrogen-bond donors (Lipinski definition) is 0. The molecule has 1 amide bonds. The molecule has 0 saturated carbocycles. The fourth-order valence-corrected chi connectivity index (χ4v) is 8.23. The highest BCUT2D eigenvalue weighted by Crippen LogP contribution is 2.49. The van der Waals surface area contributed by atoms with Crippen LogP contribution in [0.2, 0.25) is 0 Å². The molecule has 0 aliphatic carbocycles. The van der Waals surface area contributed by atoms with Gasteiger partial charge in [-0.1, -0.05) is 81.4 Å². The Morgan fingerprint density at radius 2 is 1.55 bits per heavy atom. The second-order valence-electron chi connectivity index (χ2n) is 15.1. The number of fused-ring (bicyclic) bond motifs is 1. The number of carbonyl (C=O) groups is 3. The molecule has 4 aromatic rings. The third-order valence-corrected chi connectivity index (χ3v) is 11.1. The molecule has 3 aliphatic rings. The summed E-state index contributed by atoms with van der Waals surface area (Å²) in [4.78, 5) is 55.8. The molecule has 4 atom stereocenters. The van der Waals surface area contributed by atoms with E-state index in [0.717, 1.165) is 16.7 Å². The van der Waals surface area contributed by atoms with E-state index in [-0.39, 0.29) is 95.1 Å². The minimum absolute atomic E-state index is 0.0530. The third-order valence-electron chi connectivity index (χ3n) is 11.1. The summed E-state index contributed by atoms with van der Waals surface area (Å²) in [7, 11) is 0. The lowest BCUT2D eigenvalue weighted by molar-refractivity contribution is -0.384. The number of allylic oxidation sites excluding steroid dienone is 1. The number of rotatable bonds is 15. The van der Waals surface area contributed by atoms with Crippen LogP contribution in [0.25, 0.3) is 0 Å². The number of amides is 1. The number of nitro benzene ring substituents is 1. The van der Waals surface area contributed by atoms with E-state index in [2.05, 4.69) is 11.8 Å². The molecule has 11 heteroatoms. The quantitative estimate of drug-likeness (QED) is 0.0519. The Morgan fingerprint density at radius 3 is 2.16 bits per heavy atom. The van der Waals surface area contributed by atoms with E-state index in [9.17, 15) is 24.5 Å². The molecule has 3 aliphatic heterocycles. The summed E-state index contributed by atoms with van der Waals surface area (Å²) >= 11 is 0. The van der Waals surface area contributed by atoms with Crippen molar-refractivity contribution < 1.29 is 33.2 Å². The molecule has 284 valence electrons. The van der Waals surface area contributed by atoms with E-state index < -0.39 is 10.7 Å². The molecule has 0 aromatic heterocycles. The van der Waals surface area contributed by atoms with Crippen LogP contribution in [0, 0.1) is 39.6 Å². The van der Waals surface area contributed by atoms with Crippen molar-refractivity contribution in [3.8, 4) is 11.5 Å². The van der Waals surface area contributed by atoms with Crippen LogP contribution in [0.1, 0.15) is 65.5 Å². The highest BCUT2D eigenvalue weighted by Gasteiger charge is 2.59. The van der Waals surface area contributed by atoms with Crippen LogP contribution in [-0.2, 0) is 18.0 Å². The zero-order valence-corrected chi connectivity index (χ0v) is 31.2. The van der Waals surface area contributed by atoms with Crippen LogP contribution in [0.15, 0.2) is 108 Å². The highest BCUT2D eigenvalue weighted by atomic mass is 19.1. The van der Waals surface area contributed by atoms with Gasteiger partial charge in [-0.05, 0) is 65.8 Å². The Morgan fingerprint density at radius 1 is 0.909 bits per heavy atom. The molecule has 3 heterocycles. The van der Waals surface area contributed by atoms with Crippen LogP contribution in [-0.4, -0.2) is 57.9 Å². The van der Waals surface area contributed by atoms with Crippen molar-refractivity contribution in [1.29, 1.82) is 0 Å². The topological polar surface area (TPSA) is 119 Å². The van der Waals surface area contributed by atoms with Crippen molar-refractivity contribution in [3.63, 3.8) is 0 Å². The number of nitro groups is 1. The third kappa shape index (κ3) is 7.66. The maximum atomic E-state index is 16.3. The number of non-ortho nitro benzene ring substituents is 1. The average Bonchev–Trinajstić information content (AvgIpc) is 3.72. The number of nitrogens with zero attached hydrogens (tertiary/aromatic N) is 3. The Labute approximate surface area is 319 Å². The predicted octanol–water partition coefficient (Wildman–Crippen LogP) is 8.06. The van der Waals surface area contributed by atoms with Gasteiger partial charge in [0.25, 0.3) is 5.69 Å². The molecule has 2 fully saturated rings. The van der Waals surface area contributed by atoms with Gasteiger partial charge >= 0.3 is 0 Å². The van der Waals surface area contributed by atoms with Gasteiger partial charge in [-0.2, -0.15) is 0 Å². The van der Waals surface area contributed by atoms with Crippen molar-refractivity contribution >= 4 is 23.2 Å². The van der Waals surface area contributed by atoms with Crippen LogP contribution in [0.3, 0.4) is 0 Å². The fourth-order valence-electron chi connectivity index (χ4n) is 8.23. The fraction of sp³-hybridized carbons (Fsp3) is 0.341. The lowest BCUT2D eigenvalue weighted by atomic mass is 9.74. The number of β-lactam (4-membered cyclic amide) rings is 1. The normalized spacial score (nSPS) is 20.7. The first-order valence-electron chi connectivity index (χ1n) is 18.8. The molecule has 10 nitrogen and oxygen atoms in total. The maximum Gasteiger partial charge on any atom is 0.269 e. The Hall–Kier alpha value is -5.68. The van der Waals surface area contributed by atoms with Gasteiger partial charge in [0.05, 0.1) is 28.1 Å². The minimum atomic E-state index is -0.755. The largest absolute Gasteiger partial charge is 0.485 e. The van der Waals surface area contributed by atoms with E-state index in [1.165, 1.54) is 30.3 Å². The molecule has 0 N–H and O–H groups in total. The van der Waals surface area contributed by atoms with Gasteiger partial charge in [0, 0.05) is 43.1 Å². The summed E-state index contributed by atoms with van der Waals surface area (Å²) in [5.74, 6) is -1.64. The van der Waals surface area contributed by atoms with Crippen LogP contribution in [0.4, 0.5) is 10.1 Å². The number of halogens is 1. The zero-order chi connectivity index (χ0) is 38.8. The molecular formula is C44H44FN3O7. The smallest absolute Gasteiger partial charge is 0.269 e. The number of carbonyl (C=O) groups excluding carboxylic acids is 3. The number of hydrogen-bond acceptors (Lipinski definition) is 8. The van der Waals surface area contributed by atoms with Gasteiger partial charge in [0.15, 0.2) is 23.1 Å². The zero-order valence-electron chi connectivity index (χ0n) is 31.2. The first-order valence-corrected chi connectivity index (χ1v) is 18.8. The standard InChI is InChI=1S/C44H44FN3O7/c1-27(2)38-40-28(3)35(41(47(40)44(38)51)42(50)32-14-16-33(17-15-32)48(52)53)24-46-21-20-31(23-46)22-36(49)34-18-19-37(54-25-29-10-6-4-7-11-29)43(39(34)45)55-26-30-12-8-5-9-13-30/h4-19,27-28,31,38,40H,20-26H2,1-3H3/t28-,31-,38+,40+/m0/s1. The van der Waals surface area contributed by atoms with E-state index in [4.69, 9.17) is 9.47 Å². The van der Waals surface area contributed by atoms with Crippen molar-refractivity contribution in [2.24, 2.45) is 23.7 Å². The maximum absolute atomic E-state index is 16.3. The van der Waals surface area contributed by atoms with Crippen LogP contribution in [0.5, 0.6) is 11.5 Å². The van der Waals surface area contributed by atoms with Crippen LogP contribution >= 0.6 is 0 Å². The van der Waals surface area contributed by atoms with Gasteiger partial charge in [-0.3, -0.25) is 29.4 Å². The number of ketones is 2. The predicted molar refractivity (Wildman–Crippen MR) is 204 cm³/mol. The summed E-state index contributed by atoms with van der Waals surface area (Å²) in [6, 6.07) is 27.3. The summed E-state index contributed by atoms with van der Waals surface area (Å²) in [6.45, 7) is 8.03. The molecule has 4 aromatic carbocycles. The van der Waals surface area contributed by atoms with Gasteiger partial charge in [0.1, 0.15) is 13.2 Å². The second-order valence-corrected chi connectivity index (χ2v) is 15.1. The molecule has 55 heavy (non-hydrogen) atoms. The molecule has 2 saturated heterocycles. The molecule has 0 bridgehead atoms. The molecule has 7 rings (SSSR count). The number of benzene rings is 4. The summed E-state index contributed by atoms with van der Waals surface area (Å²) in [5, 5.41) is 11.2. The first kappa shape index (κ1) is 37.6. The van der Waals surface area contributed by atoms with E-state index >= 15 is 4.39 Å². The Bertz CT molecular complexity index is 2120. The second kappa shape index (κ2) is 16.0. The average molecular weight is 746 g/mol. The number of Topliss-reactive ketones (excluding diaryl/α,β-unsaturated/α-hetero) is 2. The Balaban J connectivity index is 1.07. The summed E-state index contributed by atoms with van der Waals surface area (Å²) in [6.07, 6.45) is 0.832. The minimum Gasteiger partial charge on any atom is -0.485 e. The first-order chi connectivity index (χ1) is 26.5. The van der Waals surface area contributed by atoms with Gasteiger partial charge < -0.3 is 14.4 Å². The molecule has 0 spiro atoms. The molecule has 0 radical (unpaired) electrons. The van der Waals surface area contributed by atoms with E-state index in [1.807, 2.05) is 74.5 Å². The number of likely N-dealkylation sites (tertiary alicyclic amines) is 1.